The minimum absolute atomic E-state index is 0.232. The van der Waals surface area contributed by atoms with Crippen LogP contribution in [0.2, 0.25) is 0 Å². The summed E-state index contributed by atoms with van der Waals surface area (Å²) >= 11 is 0.829. The van der Waals surface area contributed by atoms with Gasteiger partial charge in [-0.2, -0.15) is 0 Å². The molecule has 3 amide bonds. The second kappa shape index (κ2) is 7.50. The van der Waals surface area contributed by atoms with Crippen molar-refractivity contribution in [2.24, 2.45) is 0 Å². The Morgan fingerprint density at radius 2 is 2.08 bits per heavy atom. The molecular formula is C16H16N2O5S. The fraction of sp³-hybridized carbons (Fsp3) is 0.312. The van der Waals surface area contributed by atoms with Gasteiger partial charge in [-0.25, -0.2) is 0 Å². The molecule has 0 spiro atoms. The van der Waals surface area contributed by atoms with Crippen molar-refractivity contribution in [1.29, 1.82) is 0 Å². The first kappa shape index (κ1) is 16.5. The van der Waals surface area contributed by atoms with Gasteiger partial charge in [0, 0.05) is 13.1 Å². The number of imide groups is 1. The summed E-state index contributed by atoms with van der Waals surface area (Å²) in [6, 6.07) is 3.53. The molecule has 1 aromatic rings. The van der Waals surface area contributed by atoms with Crippen LogP contribution in [0.4, 0.5) is 4.79 Å². The lowest BCUT2D eigenvalue weighted by atomic mass is 10.3. The van der Waals surface area contributed by atoms with Crippen molar-refractivity contribution in [2.45, 2.75) is 0 Å². The normalized spacial score (nSPS) is 20.6. The van der Waals surface area contributed by atoms with Crippen molar-refractivity contribution in [3.63, 3.8) is 0 Å². The molecule has 0 saturated carbocycles. The molecule has 0 radical (unpaired) electrons. The SMILES string of the molecule is O=C(CN1C(=O)S/C(=C\C=C\c2ccco2)C1=O)N1CCOCC1. The lowest BCUT2D eigenvalue weighted by Crippen LogP contribution is -2.46. The van der Waals surface area contributed by atoms with E-state index in [9.17, 15) is 14.4 Å². The number of hydrogen-bond donors (Lipinski definition) is 0. The molecule has 3 rings (SSSR count). The third-order valence-electron chi connectivity index (χ3n) is 3.58. The predicted molar refractivity (Wildman–Crippen MR) is 87.9 cm³/mol. The Hall–Kier alpha value is -2.32. The fourth-order valence-corrected chi connectivity index (χ4v) is 3.10. The molecule has 2 saturated heterocycles. The standard InChI is InChI=1S/C16H16N2O5S/c19-14(17-6-9-22-10-7-17)11-18-15(20)13(24-16(18)21)5-1-3-12-4-2-8-23-12/h1-5,8H,6-7,9-11H2/b3-1+,13-5-. The van der Waals surface area contributed by atoms with Gasteiger partial charge < -0.3 is 14.1 Å². The van der Waals surface area contributed by atoms with Crippen molar-refractivity contribution < 1.29 is 23.5 Å². The van der Waals surface area contributed by atoms with Crippen LogP contribution in [-0.2, 0) is 14.3 Å². The van der Waals surface area contributed by atoms with E-state index in [1.165, 1.54) is 0 Å². The maximum absolute atomic E-state index is 12.3. The number of thioether (sulfide) groups is 1. The molecule has 0 bridgehead atoms. The maximum atomic E-state index is 12.3. The van der Waals surface area contributed by atoms with Crippen LogP contribution in [-0.4, -0.2) is 59.7 Å². The van der Waals surface area contributed by atoms with Crippen molar-refractivity contribution in [3.8, 4) is 0 Å². The van der Waals surface area contributed by atoms with Crippen LogP contribution in [0.15, 0.2) is 39.9 Å². The van der Waals surface area contributed by atoms with E-state index in [0.29, 0.717) is 32.1 Å². The molecule has 1 aromatic heterocycles. The van der Waals surface area contributed by atoms with E-state index in [1.54, 1.807) is 41.5 Å². The Kier molecular flexibility index (Phi) is 5.17. The second-order valence-electron chi connectivity index (χ2n) is 5.16. The zero-order valence-electron chi connectivity index (χ0n) is 12.8. The van der Waals surface area contributed by atoms with Gasteiger partial charge in [0.15, 0.2) is 0 Å². The molecular weight excluding hydrogens is 332 g/mol. The van der Waals surface area contributed by atoms with Gasteiger partial charge in [0.2, 0.25) is 5.91 Å². The maximum Gasteiger partial charge on any atom is 0.294 e. The zero-order chi connectivity index (χ0) is 16.9. The van der Waals surface area contributed by atoms with E-state index < -0.39 is 11.1 Å². The van der Waals surface area contributed by atoms with E-state index in [4.69, 9.17) is 9.15 Å². The molecule has 126 valence electrons. The summed E-state index contributed by atoms with van der Waals surface area (Å²) in [4.78, 5) is 39.3. The van der Waals surface area contributed by atoms with Crippen LogP contribution in [0.5, 0.6) is 0 Å². The predicted octanol–water partition coefficient (Wildman–Crippen LogP) is 1.73. The van der Waals surface area contributed by atoms with Crippen molar-refractivity contribution in [1.82, 2.24) is 9.80 Å². The van der Waals surface area contributed by atoms with Crippen molar-refractivity contribution in [3.05, 3.63) is 41.2 Å². The Bertz CT molecular complexity index is 689. The van der Waals surface area contributed by atoms with Gasteiger partial charge in [0.1, 0.15) is 12.3 Å². The van der Waals surface area contributed by atoms with Gasteiger partial charge >= 0.3 is 0 Å². The molecule has 24 heavy (non-hydrogen) atoms. The number of furan rings is 1. The van der Waals surface area contributed by atoms with Crippen LogP contribution < -0.4 is 0 Å². The molecule has 0 unspecified atom stereocenters. The summed E-state index contributed by atoms with van der Waals surface area (Å²) in [6.07, 6.45) is 6.42. The Morgan fingerprint density at radius 1 is 1.29 bits per heavy atom. The fourth-order valence-electron chi connectivity index (χ4n) is 2.31. The largest absolute Gasteiger partial charge is 0.465 e. The molecule has 0 aliphatic carbocycles. The number of nitrogens with zero attached hydrogens (tertiary/aromatic N) is 2. The smallest absolute Gasteiger partial charge is 0.294 e. The van der Waals surface area contributed by atoms with E-state index in [-0.39, 0.29) is 17.4 Å². The van der Waals surface area contributed by atoms with Gasteiger partial charge in [-0.1, -0.05) is 6.08 Å². The lowest BCUT2D eigenvalue weighted by molar-refractivity contribution is -0.139. The summed E-state index contributed by atoms with van der Waals surface area (Å²) in [6.45, 7) is 1.69. The highest BCUT2D eigenvalue weighted by molar-refractivity contribution is 8.18. The van der Waals surface area contributed by atoms with Gasteiger partial charge in [0.05, 0.1) is 24.4 Å². The minimum atomic E-state index is -0.448. The van der Waals surface area contributed by atoms with Gasteiger partial charge in [-0.3, -0.25) is 19.3 Å². The number of rotatable bonds is 4. The Labute approximate surface area is 142 Å². The van der Waals surface area contributed by atoms with Gasteiger partial charge in [-0.15, -0.1) is 0 Å². The first-order chi connectivity index (χ1) is 11.6. The summed E-state index contributed by atoms with van der Waals surface area (Å²) in [5.74, 6) is -0.0448. The number of amides is 3. The molecule has 7 nitrogen and oxygen atoms in total. The third kappa shape index (κ3) is 3.77. The Morgan fingerprint density at radius 3 is 2.79 bits per heavy atom. The highest BCUT2D eigenvalue weighted by atomic mass is 32.2. The second-order valence-corrected chi connectivity index (χ2v) is 6.15. The molecule has 0 aromatic carbocycles. The molecule has 2 fully saturated rings. The molecule has 8 heteroatoms. The highest BCUT2D eigenvalue weighted by Gasteiger charge is 2.36. The number of morpholine rings is 1. The quantitative estimate of drug-likeness (QED) is 0.771. The average molecular weight is 348 g/mol. The number of hydrogen-bond acceptors (Lipinski definition) is 6. The summed E-state index contributed by atoms with van der Waals surface area (Å²) < 4.78 is 10.3. The van der Waals surface area contributed by atoms with E-state index >= 15 is 0 Å². The van der Waals surface area contributed by atoms with Crippen LogP contribution in [0.25, 0.3) is 6.08 Å². The highest BCUT2D eigenvalue weighted by Crippen LogP contribution is 2.30. The number of allylic oxidation sites excluding steroid dienone is 2. The van der Waals surface area contributed by atoms with Crippen molar-refractivity contribution >= 4 is 34.9 Å². The summed E-state index contributed by atoms with van der Waals surface area (Å²) in [7, 11) is 0. The van der Waals surface area contributed by atoms with E-state index in [0.717, 1.165) is 16.7 Å². The zero-order valence-corrected chi connectivity index (χ0v) is 13.7. The minimum Gasteiger partial charge on any atom is -0.465 e. The van der Waals surface area contributed by atoms with Crippen LogP contribution in [0.3, 0.4) is 0 Å². The van der Waals surface area contributed by atoms with Crippen LogP contribution in [0.1, 0.15) is 5.76 Å². The third-order valence-corrected chi connectivity index (χ3v) is 4.51. The van der Waals surface area contributed by atoms with Gasteiger partial charge in [0.25, 0.3) is 11.1 Å². The van der Waals surface area contributed by atoms with Gasteiger partial charge in [-0.05, 0) is 36.0 Å². The molecule has 2 aliphatic rings. The average Bonchev–Trinajstić information content (AvgIpc) is 3.20. The number of carbonyl (C=O) groups excluding carboxylic acids is 3. The summed E-state index contributed by atoms with van der Waals surface area (Å²) in [5.41, 5.74) is 0. The number of carbonyl (C=O) groups is 3. The first-order valence-electron chi connectivity index (χ1n) is 7.46. The summed E-state index contributed by atoms with van der Waals surface area (Å²) in [5, 5.41) is -0.431. The molecule has 3 heterocycles. The van der Waals surface area contributed by atoms with Crippen molar-refractivity contribution in [2.75, 3.05) is 32.8 Å². The lowest BCUT2D eigenvalue weighted by Gasteiger charge is -2.27. The van der Waals surface area contributed by atoms with Crippen LogP contribution >= 0.6 is 11.8 Å². The van der Waals surface area contributed by atoms with E-state index in [1.807, 2.05) is 0 Å². The van der Waals surface area contributed by atoms with E-state index in [2.05, 4.69) is 0 Å². The van der Waals surface area contributed by atoms with Crippen LogP contribution in [0, 0.1) is 0 Å². The number of ether oxygens (including phenoxy) is 1. The molecule has 0 N–H and O–H groups in total. The first-order valence-corrected chi connectivity index (χ1v) is 8.28. The molecule has 0 atom stereocenters. The Balaban J connectivity index is 1.62. The monoisotopic (exact) mass is 348 g/mol. The molecule has 2 aliphatic heterocycles. The topological polar surface area (TPSA) is 80.1 Å².